The minimum absolute atomic E-state index is 0.0125. The van der Waals surface area contributed by atoms with Gasteiger partial charge in [0.15, 0.2) is 0 Å². The smallest absolute Gasteiger partial charge is 0.317 e. The van der Waals surface area contributed by atoms with Crippen LogP contribution in [0.5, 0.6) is 0 Å². The summed E-state index contributed by atoms with van der Waals surface area (Å²) >= 11 is 0. The Balaban J connectivity index is 1.76. The second-order valence-corrected chi connectivity index (χ2v) is 4.67. The molecule has 4 nitrogen and oxygen atoms in total. The number of urea groups is 1. The van der Waals surface area contributed by atoms with Crippen LogP contribution in [0, 0.1) is 0 Å². The molecule has 0 aromatic heterocycles. The molecule has 0 radical (unpaired) electrons. The van der Waals surface area contributed by atoms with Crippen molar-refractivity contribution in [1.29, 1.82) is 0 Å². The van der Waals surface area contributed by atoms with Crippen molar-refractivity contribution in [2.24, 2.45) is 0 Å². The highest BCUT2D eigenvalue weighted by atomic mass is 16.3. The van der Waals surface area contributed by atoms with Crippen LogP contribution in [0.1, 0.15) is 38.5 Å². The summed E-state index contributed by atoms with van der Waals surface area (Å²) in [7, 11) is 0. The molecule has 2 N–H and O–H groups in total. The van der Waals surface area contributed by atoms with Crippen molar-refractivity contribution in [2.45, 2.75) is 50.7 Å². The second kappa shape index (κ2) is 4.84. The van der Waals surface area contributed by atoms with E-state index in [-0.39, 0.29) is 12.1 Å². The van der Waals surface area contributed by atoms with Crippen molar-refractivity contribution in [2.75, 3.05) is 13.1 Å². The highest BCUT2D eigenvalue weighted by molar-refractivity contribution is 5.74. The molecule has 1 atom stereocenters. The van der Waals surface area contributed by atoms with Gasteiger partial charge in [0.05, 0.1) is 6.10 Å². The van der Waals surface area contributed by atoms with Crippen molar-refractivity contribution in [1.82, 2.24) is 10.2 Å². The van der Waals surface area contributed by atoms with Crippen molar-refractivity contribution in [3.63, 3.8) is 0 Å². The molecule has 2 amide bonds. The van der Waals surface area contributed by atoms with E-state index in [2.05, 4.69) is 5.32 Å². The Morgan fingerprint density at radius 2 is 1.93 bits per heavy atom. The van der Waals surface area contributed by atoms with Gasteiger partial charge in [-0.1, -0.05) is 19.3 Å². The van der Waals surface area contributed by atoms with Crippen LogP contribution in [0.2, 0.25) is 0 Å². The summed E-state index contributed by atoms with van der Waals surface area (Å²) in [5.74, 6) is 0. The molecule has 2 fully saturated rings. The molecule has 1 saturated heterocycles. The van der Waals surface area contributed by atoms with Crippen LogP contribution >= 0.6 is 0 Å². The van der Waals surface area contributed by atoms with Crippen LogP contribution in [0.3, 0.4) is 0 Å². The Morgan fingerprint density at radius 3 is 2.53 bits per heavy atom. The van der Waals surface area contributed by atoms with E-state index in [1.54, 1.807) is 4.90 Å². The van der Waals surface area contributed by atoms with Crippen LogP contribution in [-0.4, -0.2) is 41.3 Å². The van der Waals surface area contributed by atoms with Gasteiger partial charge in [-0.3, -0.25) is 0 Å². The number of aliphatic hydroxyl groups excluding tert-OH is 1. The lowest BCUT2D eigenvalue weighted by Crippen LogP contribution is -2.44. The lowest BCUT2D eigenvalue weighted by Gasteiger charge is -2.25. The van der Waals surface area contributed by atoms with Gasteiger partial charge in [-0.2, -0.15) is 0 Å². The maximum Gasteiger partial charge on any atom is 0.317 e. The fourth-order valence-corrected chi connectivity index (χ4v) is 2.44. The predicted molar refractivity (Wildman–Crippen MR) is 57.6 cm³/mol. The molecule has 0 aromatic carbocycles. The maximum atomic E-state index is 11.8. The number of hydrogen-bond acceptors (Lipinski definition) is 2. The zero-order valence-corrected chi connectivity index (χ0v) is 9.11. The first kappa shape index (κ1) is 10.7. The minimum atomic E-state index is -0.317. The summed E-state index contributed by atoms with van der Waals surface area (Å²) in [5.41, 5.74) is 0. The molecule has 1 aliphatic heterocycles. The molecule has 1 aliphatic carbocycles. The first-order chi connectivity index (χ1) is 7.25. The van der Waals surface area contributed by atoms with Crippen molar-refractivity contribution in [3.05, 3.63) is 0 Å². The highest BCUT2D eigenvalue weighted by Crippen LogP contribution is 2.18. The minimum Gasteiger partial charge on any atom is -0.391 e. The number of amides is 2. The van der Waals surface area contributed by atoms with Gasteiger partial charge in [0, 0.05) is 19.1 Å². The molecule has 4 heteroatoms. The molecule has 0 spiro atoms. The van der Waals surface area contributed by atoms with Crippen LogP contribution in [-0.2, 0) is 0 Å². The van der Waals surface area contributed by atoms with Gasteiger partial charge in [0.1, 0.15) is 0 Å². The van der Waals surface area contributed by atoms with Crippen molar-refractivity contribution < 1.29 is 9.90 Å². The van der Waals surface area contributed by atoms with Gasteiger partial charge in [-0.15, -0.1) is 0 Å². The third kappa shape index (κ3) is 2.84. The number of rotatable bonds is 1. The quantitative estimate of drug-likeness (QED) is 0.683. The number of β-amino-alcohol motifs (C(OH)–C–C–N with tert-alkyl or cyclic N) is 1. The van der Waals surface area contributed by atoms with E-state index in [0.717, 1.165) is 19.3 Å². The van der Waals surface area contributed by atoms with E-state index in [0.29, 0.717) is 19.1 Å². The third-order valence-electron chi connectivity index (χ3n) is 3.38. The maximum absolute atomic E-state index is 11.8. The van der Waals surface area contributed by atoms with E-state index in [9.17, 15) is 9.90 Å². The van der Waals surface area contributed by atoms with Gasteiger partial charge in [-0.05, 0) is 19.3 Å². The number of likely N-dealkylation sites (tertiary alicyclic amines) is 1. The van der Waals surface area contributed by atoms with E-state index in [4.69, 9.17) is 0 Å². The molecule has 86 valence electrons. The van der Waals surface area contributed by atoms with E-state index >= 15 is 0 Å². The van der Waals surface area contributed by atoms with Gasteiger partial charge in [0.25, 0.3) is 0 Å². The summed E-state index contributed by atoms with van der Waals surface area (Å²) in [6.45, 7) is 1.19. The Bertz CT molecular complexity index is 227. The fraction of sp³-hybridized carbons (Fsp3) is 0.909. The number of carbonyl (C=O) groups is 1. The molecule has 0 unspecified atom stereocenters. The third-order valence-corrected chi connectivity index (χ3v) is 3.38. The molecule has 1 saturated carbocycles. The fourth-order valence-electron chi connectivity index (χ4n) is 2.44. The van der Waals surface area contributed by atoms with Crippen LogP contribution in [0.15, 0.2) is 0 Å². The zero-order chi connectivity index (χ0) is 10.7. The molecule has 2 rings (SSSR count). The number of carbonyl (C=O) groups excluding carboxylic acids is 1. The number of nitrogens with zero attached hydrogens (tertiary/aromatic N) is 1. The molecular formula is C11H20N2O2. The SMILES string of the molecule is O=C(NC1CCCCC1)N1CC[C@@H](O)C1. The van der Waals surface area contributed by atoms with Crippen molar-refractivity contribution >= 4 is 6.03 Å². The topological polar surface area (TPSA) is 52.6 Å². The van der Waals surface area contributed by atoms with Crippen LogP contribution in [0.4, 0.5) is 4.79 Å². The number of aliphatic hydroxyl groups is 1. The lowest BCUT2D eigenvalue weighted by molar-refractivity contribution is 0.169. The van der Waals surface area contributed by atoms with Gasteiger partial charge in [-0.25, -0.2) is 4.79 Å². The molecule has 0 aromatic rings. The summed E-state index contributed by atoms with van der Waals surface area (Å²) < 4.78 is 0. The summed E-state index contributed by atoms with van der Waals surface area (Å²) in [4.78, 5) is 13.5. The van der Waals surface area contributed by atoms with Gasteiger partial charge < -0.3 is 15.3 Å². The Morgan fingerprint density at radius 1 is 1.20 bits per heavy atom. The Hall–Kier alpha value is -0.770. The average molecular weight is 212 g/mol. The van der Waals surface area contributed by atoms with E-state index < -0.39 is 0 Å². The Labute approximate surface area is 90.6 Å². The van der Waals surface area contributed by atoms with Gasteiger partial charge in [0.2, 0.25) is 0 Å². The largest absolute Gasteiger partial charge is 0.391 e. The van der Waals surface area contributed by atoms with Crippen LogP contribution in [0.25, 0.3) is 0 Å². The zero-order valence-electron chi connectivity index (χ0n) is 9.11. The average Bonchev–Trinajstić information content (AvgIpc) is 2.66. The van der Waals surface area contributed by atoms with Crippen molar-refractivity contribution in [3.8, 4) is 0 Å². The number of hydrogen-bond donors (Lipinski definition) is 2. The molecule has 15 heavy (non-hydrogen) atoms. The summed E-state index contributed by atoms with van der Waals surface area (Å²) in [5, 5.41) is 12.4. The molecule has 1 heterocycles. The van der Waals surface area contributed by atoms with Gasteiger partial charge >= 0.3 is 6.03 Å². The first-order valence-corrected chi connectivity index (χ1v) is 5.99. The Kier molecular flexibility index (Phi) is 3.46. The molecule has 0 bridgehead atoms. The predicted octanol–water partition coefficient (Wildman–Crippen LogP) is 1.10. The lowest BCUT2D eigenvalue weighted by atomic mass is 9.96. The molecule has 2 aliphatic rings. The first-order valence-electron chi connectivity index (χ1n) is 5.99. The second-order valence-electron chi connectivity index (χ2n) is 4.67. The van der Waals surface area contributed by atoms with E-state index in [1.807, 2.05) is 0 Å². The van der Waals surface area contributed by atoms with E-state index in [1.165, 1.54) is 19.3 Å². The molecular weight excluding hydrogens is 192 g/mol. The normalized spacial score (nSPS) is 28.1. The standard InChI is InChI=1S/C11H20N2O2/c14-10-6-7-13(8-10)11(15)12-9-4-2-1-3-5-9/h9-10,14H,1-8H2,(H,12,15)/t10-/m1/s1. The summed E-state index contributed by atoms with van der Waals surface area (Å²) in [6, 6.07) is 0.377. The van der Waals surface area contributed by atoms with Crippen LogP contribution < -0.4 is 5.32 Å². The summed E-state index contributed by atoms with van der Waals surface area (Å²) in [6.07, 6.45) is 6.39. The monoisotopic (exact) mass is 212 g/mol. The number of nitrogens with one attached hydrogen (secondary N) is 1. The highest BCUT2D eigenvalue weighted by Gasteiger charge is 2.26.